The lowest BCUT2D eigenvalue weighted by atomic mass is 10.2. The number of esters is 1. The second-order valence-electron chi connectivity index (χ2n) is 4.60. The van der Waals surface area contributed by atoms with E-state index in [1.807, 2.05) is 30.3 Å². The van der Waals surface area contributed by atoms with E-state index in [1.54, 1.807) is 6.92 Å². The zero-order valence-corrected chi connectivity index (χ0v) is 12.3. The third kappa shape index (κ3) is 4.89. The minimum atomic E-state index is -0.771. The number of carbonyl (C=O) groups is 2. The average Bonchev–Trinajstić information content (AvgIpc) is 2.87. The largest absolute Gasteiger partial charge is 0.509 e. The van der Waals surface area contributed by atoms with Gasteiger partial charge in [-0.05, 0) is 18.6 Å². The van der Waals surface area contributed by atoms with Gasteiger partial charge in [-0.15, -0.1) is 0 Å². The highest BCUT2D eigenvalue weighted by atomic mass is 16.8. The van der Waals surface area contributed by atoms with E-state index in [4.69, 9.17) is 18.9 Å². The molecule has 1 heterocycles. The van der Waals surface area contributed by atoms with Crippen molar-refractivity contribution in [3.05, 3.63) is 48.0 Å². The summed E-state index contributed by atoms with van der Waals surface area (Å²) in [5.74, 6) is -0.491. The lowest BCUT2D eigenvalue weighted by Gasteiger charge is -2.12. The van der Waals surface area contributed by atoms with Crippen LogP contribution in [0.15, 0.2) is 42.5 Å². The summed E-state index contributed by atoms with van der Waals surface area (Å²) in [6.45, 7) is 2.58. The minimum Gasteiger partial charge on any atom is -0.463 e. The molecule has 2 atom stereocenters. The quantitative estimate of drug-likeness (QED) is 0.568. The molecule has 0 saturated carbocycles. The van der Waals surface area contributed by atoms with Crippen molar-refractivity contribution in [1.82, 2.24) is 0 Å². The molecule has 1 saturated heterocycles. The van der Waals surface area contributed by atoms with Crippen molar-refractivity contribution >= 4 is 12.1 Å². The van der Waals surface area contributed by atoms with E-state index in [1.165, 1.54) is 12.2 Å². The predicted molar refractivity (Wildman–Crippen MR) is 77.0 cm³/mol. The van der Waals surface area contributed by atoms with Gasteiger partial charge in [0.05, 0.1) is 19.8 Å². The maximum Gasteiger partial charge on any atom is 0.509 e. The van der Waals surface area contributed by atoms with Crippen molar-refractivity contribution in [3.8, 4) is 0 Å². The minimum absolute atomic E-state index is 0.179. The van der Waals surface area contributed by atoms with Crippen molar-refractivity contribution in [2.75, 3.05) is 13.2 Å². The predicted octanol–water partition coefficient (Wildman–Crippen LogP) is 2.23. The van der Waals surface area contributed by atoms with E-state index in [0.29, 0.717) is 6.61 Å². The molecule has 1 aliphatic heterocycles. The highest BCUT2D eigenvalue weighted by Gasteiger charge is 2.35. The molecule has 0 N–H and O–H groups in total. The van der Waals surface area contributed by atoms with E-state index < -0.39 is 24.3 Å². The van der Waals surface area contributed by atoms with Gasteiger partial charge in [0, 0.05) is 6.08 Å². The maximum atomic E-state index is 11.3. The van der Waals surface area contributed by atoms with Crippen LogP contribution in [0.2, 0.25) is 0 Å². The van der Waals surface area contributed by atoms with Gasteiger partial charge in [0.25, 0.3) is 0 Å². The van der Waals surface area contributed by atoms with Crippen LogP contribution >= 0.6 is 0 Å². The Balaban J connectivity index is 1.82. The second-order valence-corrected chi connectivity index (χ2v) is 4.60. The lowest BCUT2D eigenvalue weighted by Crippen LogP contribution is -2.26. The molecule has 22 heavy (non-hydrogen) atoms. The molecule has 1 aromatic rings. The van der Waals surface area contributed by atoms with Crippen LogP contribution in [0.4, 0.5) is 4.79 Å². The molecule has 6 heteroatoms. The molecule has 0 aliphatic carbocycles. The van der Waals surface area contributed by atoms with Gasteiger partial charge in [0.1, 0.15) is 0 Å². The van der Waals surface area contributed by atoms with E-state index in [-0.39, 0.29) is 13.2 Å². The first-order valence-electron chi connectivity index (χ1n) is 7.03. The Morgan fingerprint density at radius 1 is 1.27 bits per heavy atom. The third-order valence-electron chi connectivity index (χ3n) is 2.95. The molecule has 1 aliphatic rings. The molecule has 0 bridgehead atoms. The number of cyclic esters (lactones) is 2. The summed E-state index contributed by atoms with van der Waals surface area (Å²) in [5, 5.41) is 0. The lowest BCUT2D eigenvalue weighted by molar-refractivity contribution is -0.137. The Morgan fingerprint density at radius 2 is 2.05 bits per heavy atom. The van der Waals surface area contributed by atoms with Crippen LogP contribution in [0.1, 0.15) is 12.5 Å². The fourth-order valence-corrected chi connectivity index (χ4v) is 1.93. The summed E-state index contributed by atoms with van der Waals surface area (Å²) in [5.41, 5.74) is 1.02. The number of hydrogen-bond donors (Lipinski definition) is 0. The zero-order chi connectivity index (χ0) is 15.8. The van der Waals surface area contributed by atoms with Gasteiger partial charge in [0.2, 0.25) is 0 Å². The van der Waals surface area contributed by atoms with Crippen molar-refractivity contribution < 1.29 is 28.5 Å². The zero-order valence-electron chi connectivity index (χ0n) is 12.3. The highest BCUT2D eigenvalue weighted by Crippen LogP contribution is 2.17. The van der Waals surface area contributed by atoms with Crippen molar-refractivity contribution in [2.24, 2.45) is 0 Å². The summed E-state index contributed by atoms with van der Waals surface area (Å²) >= 11 is 0. The van der Waals surface area contributed by atoms with Crippen molar-refractivity contribution in [3.63, 3.8) is 0 Å². The van der Waals surface area contributed by atoms with Crippen LogP contribution in [0, 0.1) is 0 Å². The van der Waals surface area contributed by atoms with Crippen LogP contribution in [0.25, 0.3) is 0 Å². The molecule has 0 aromatic heterocycles. The standard InChI is InChI=1S/C16H18O6/c1-2-20-15(17)9-8-13-14(22-16(18)21-13)11-19-10-12-6-4-3-5-7-12/h3-9,13-14H,2,10-11H2,1H3/b9-8+/t13-,14-/m0/s1. The summed E-state index contributed by atoms with van der Waals surface area (Å²) in [6, 6.07) is 9.64. The van der Waals surface area contributed by atoms with Gasteiger partial charge in [-0.25, -0.2) is 9.59 Å². The molecule has 118 valence electrons. The third-order valence-corrected chi connectivity index (χ3v) is 2.95. The Hall–Kier alpha value is -2.34. The number of hydrogen-bond acceptors (Lipinski definition) is 6. The second kappa shape index (κ2) is 8.19. The monoisotopic (exact) mass is 306 g/mol. The highest BCUT2D eigenvalue weighted by molar-refractivity contribution is 5.82. The summed E-state index contributed by atoms with van der Waals surface area (Å²) in [6.07, 6.45) is 0.654. The van der Waals surface area contributed by atoms with Gasteiger partial charge in [-0.3, -0.25) is 0 Å². The Kier molecular flexibility index (Phi) is 5.97. The van der Waals surface area contributed by atoms with Crippen LogP contribution < -0.4 is 0 Å². The summed E-state index contributed by atoms with van der Waals surface area (Å²) < 4.78 is 20.3. The Bertz CT molecular complexity index is 525. The first-order valence-corrected chi connectivity index (χ1v) is 7.03. The summed E-state index contributed by atoms with van der Waals surface area (Å²) in [7, 11) is 0. The molecule has 1 fully saturated rings. The average molecular weight is 306 g/mol. The van der Waals surface area contributed by atoms with Crippen LogP contribution in [-0.2, 0) is 30.3 Å². The molecule has 0 amide bonds. The van der Waals surface area contributed by atoms with Crippen LogP contribution in [-0.4, -0.2) is 37.5 Å². The fraction of sp³-hybridized carbons (Fsp3) is 0.375. The number of carbonyl (C=O) groups excluding carboxylic acids is 2. The molecule has 0 unspecified atom stereocenters. The Labute approximate surface area is 128 Å². The van der Waals surface area contributed by atoms with E-state index >= 15 is 0 Å². The Morgan fingerprint density at radius 3 is 2.77 bits per heavy atom. The number of benzene rings is 1. The van der Waals surface area contributed by atoms with Gasteiger partial charge < -0.3 is 18.9 Å². The molecule has 2 rings (SSSR count). The van der Waals surface area contributed by atoms with Gasteiger partial charge in [0.15, 0.2) is 12.2 Å². The topological polar surface area (TPSA) is 71.1 Å². The normalized spacial score (nSPS) is 20.7. The molecule has 1 aromatic carbocycles. The van der Waals surface area contributed by atoms with E-state index in [9.17, 15) is 9.59 Å². The van der Waals surface area contributed by atoms with Crippen molar-refractivity contribution in [2.45, 2.75) is 25.7 Å². The van der Waals surface area contributed by atoms with Crippen LogP contribution in [0.5, 0.6) is 0 Å². The first-order chi connectivity index (χ1) is 10.7. The smallest absolute Gasteiger partial charge is 0.463 e. The molecule has 6 nitrogen and oxygen atoms in total. The van der Waals surface area contributed by atoms with E-state index in [0.717, 1.165) is 5.56 Å². The summed E-state index contributed by atoms with van der Waals surface area (Å²) in [4.78, 5) is 22.5. The van der Waals surface area contributed by atoms with Gasteiger partial charge >= 0.3 is 12.1 Å². The first kappa shape index (κ1) is 16.0. The molecular weight excluding hydrogens is 288 g/mol. The maximum absolute atomic E-state index is 11.3. The van der Waals surface area contributed by atoms with Crippen molar-refractivity contribution in [1.29, 1.82) is 0 Å². The van der Waals surface area contributed by atoms with Gasteiger partial charge in [-0.1, -0.05) is 30.3 Å². The fourth-order valence-electron chi connectivity index (χ4n) is 1.93. The molecular formula is C16H18O6. The molecule has 0 radical (unpaired) electrons. The SMILES string of the molecule is CCOC(=O)/C=C/[C@@H]1OC(=O)O[C@H]1COCc1ccccc1. The van der Waals surface area contributed by atoms with E-state index in [2.05, 4.69) is 0 Å². The van der Waals surface area contributed by atoms with Crippen LogP contribution in [0.3, 0.4) is 0 Å². The van der Waals surface area contributed by atoms with Gasteiger partial charge in [-0.2, -0.15) is 0 Å². The molecule has 0 spiro atoms. The number of rotatable bonds is 7. The number of ether oxygens (including phenoxy) is 4.